The molecule has 1 aromatic heterocycles. The van der Waals surface area contributed by atoms with Gasteiger partial charge in [0, 0.05) is 17.7 Å². The molecule has 0 saturated heterocycles. The van der Waals surface area contributed by atoms with Gasteiger partial charge in [0.05, 0.1) is 17.0 Å². The first kappa shape index (κ1) is 15.6. The Morgan fingerprint density at radius 3 is 2.59 bits per heavy atom. The van der Waals surface area contributed by atoms with Crippen LogP contribution in [0.15, 0.2) is 30.3 Å². The number of methoxy groups -OCH3 is 1. The average Bonchev–Trinajstić information content (AvgIpc) is 2.94. The van der Waals surface area contributed by atoms with E-state index in [-0.39, 0.29) is 5.69 Å². The van der Waals surface area contributed by atoms with Crippen LogP contribution in [0, 0.1) is 17.0 Å². The van der Waals surface area contributed by atoms with E-state index in [1.54, 1.807) is 19.1 Å². The lowest BCUT2D eigenvalue weighted by Crippen LogP contribution is -2.12. The molecule has 114 valence electrons. The molecule has 1 heterocycles. The second-order valence-corrected chi connectivity index (χ2v) is 5.45. The number of ether oxygens (including phenoxy) is 1. The van der Waals surface area contributed by atoms with E-state index in [2.05, 4.69) is 10.1 Å². The number of nitro benzene ring substituents is 1. The monoisotopic (exact) mass is 320 g/mol. The Morgan fingerprint density at radius 2 is 2.00 bits per heavy atom. The van der Waals surface area contributed by atoms with Gasteiger partial charge >= 0.3 is 5.97 Å². The molecule has 2 rings (SSSR count). The maximum atomic E-state index is 12.2. The van der Waals surface area contributed by atoms with Gasteiger partial charge in [-0.2, -0.15) is 0 Å². The summed E-state index contributed by atoms with van der Waals surface area (Å²) < 4.78 is 4.59. The zero-order valence-corrected chi connectivity index (χ0v) is 12.6. The SMILES string of the molecule is COC(=O)c1ccc(NC(=O)c2ccc([N+](=O)[O-])cc2C)s1. The lowest BCUT2D eigenvalue weighted by molar-refractivity contribution is -0.384. The first-order chi connectivity index (χ1) is 10.4. The van der Waals surface area contributed by atoms with E-state index in [0.717, 1.165) is 11.3 Å². The van der Waals surface area contributed by atoms with Crippen molar-refractivity contribution in [2.24, 2.45) is 0 Å². The summed E-state index contributed by atoms with van der Waals surface area (Å²) >= 11 is 1.09. The lowest BCUT2D eigenvalue weighted by Gasteiger charge is -2.05. The highest BCUT2D eigenvalue weighted by atomic mass is 32.1. The molecule has 1 aromatic carbocycles. The molecule has 0 bridgehead atoms. The van der Waals surface area contributed by atoms with Crippen molar-refractivity contribution < 1.29 is 19.2 Å². The molecule has 1 amide bonds. The number of benzene rings is 1. The maximum absolute atomic E-state index is 12.2. The molecule has 0 aliphatic carbocycles. The first-order valence-electron chi connectivity index (χ1n) is 6.17. The first-order valence-corrected chi connectivity index (χ1v) is 6.98. The fourth-order valence-electron chi connectivity index (χ4n) is 1.81. The number of hydrogen-bond donors (Lipinski definition) is 1. The van der Waals surface area contributed by atoms with Crippen molar-refractivity contribution in [1.82, 2.24) is 0 Å². The van der Waals surface area contributed by atoms with Crippen molar-refractivity contribution in [3.8, 4) is 0 Å². The number of thiophene rings is 1. The number of anilines is 1. The van der Waals surface area contributed by atoms with Crippen molar-refractivity contribution in [2.75, 3.05) is 12.4 Å². The van der Waals surface area contributed by atoms with Crippen molar-refractivity contribution in [1.29, 1.82) is 0 Å². The summed E-state index contributed by atoms with van der Waals surface area (Å²) in [4.78, 5) is 34.1. The van der Waals surface area contributed by atoms with Gasteiger partial charge in [-0.05, 0) is 30.7 Å². The highest BCUT2D eigenvalue weighted by molar-refractivity contribution is 7.18. The Hall–Kier alpha value is -2.74. The summed E-state index contributed by atoms with van der Waals surface area (Å²) in [6.45, 7) is 1.62. The fraction of sp³-hybridized carbons (Fsp3) is 0.143. The van der Waals surface area contributed by atoms with Gasteiger partial charge in [0.2, 0.25) is 0 Å². The van der Waals surface area contributed by atoms with Crippen LogP contribution < -0.4 is 5.32 Å². The molecule has 0 unspecified atom stereocenters. The summed E-state index contributed by atoms with van der Waals surface area (Å²) in [6.07, 6.45) is 0. The van der Waals surface area contributed by atoms with Gasteiger partial charge < -0.3 is 10.1 Å². The molecule has 0 atom stereocenters. The molecule has 8 heteroatoms. The number of nitro groups is 1. The summed E-state index contributed by atoms with van der Waals surface area (Å²) in [5.41, 5.74) is 0.758. The van der Waals surface area contributed by atoms with Crippen LogP contribution in [0.3, 0.4) is 0 Å². The zero-order chi connectivity index (χ0) is 16.3. The van der Waals surface area contributed by atoms with Gasteiger partial charge in [-0.1, -0.05) is 0 Å². The number of esters is 1. The topological polar surface area (TPSA) is 98.5 Å². The van der Waals surface area contributed by atoms with Crippen LogP contribution in [0.4, 0.5) is 10.7 Å². The van der Waals surface area contributed by atoms with Crippen LogP contribution in [-0.4, -0.2) is 23.9 Å². The summed E-state index contributed by atoms with van der Waals surface area (Å²) in [5, 5.41) is 13.8. The molecule has 2 aromatic rings. The molecule has 0 aliphatic rings. The Kier molecular flexibility index (Phi) is 4.52. The highest BCUT2D eigenvalue weighted by Gasteiger charge is 2.15. The van der Waals surface area contributed by atoms with Gasteiger partial charge in [-0.25, -0.2) is 4.79 Å². The molecule has 22 heavy (non-hydrogen) atoms. The molecule has 0 aliphatic heterocycles. The second-order valence-electron chi connectivity index (χ2n) is 4.37. The quantitative estimate of drug-likeness (QED) is 0.530. The van der Waals surface area contributed by atoms with Crippen molar-refractivity contribution in [2.45, 2.75) is 6.92 Å². The predicted molar refractivity (Wildman–Crippen MR) is 81.4 cm³/mol. The number of nitrogens with zero attached hydrogens (tertiary/aromatic N) is 1. The largest absolute Gasteiger partial charge is 0.465 e. The molecule has 0 fully saturated rings. The number of carbonyl (C=O) groups is 2. The molecule has 7 nitrogen and oxygen atoms in total. The number of aryl methyl sites for hydroxylation is 1. The number of amides is 1. The Bertz CT molecular complexity index is 753. The van der Waals surface area contributed by atoms with E-state index in [0.29, 0.717) is 21.0 Å². The van der Waals surface area contributed by atoms with Crippen LogP contribution >= 0.6 is 11.3 Å². The normalized spacial score (nSPS) is 10.1. The number of carbonyl (C=O) groups excluding carboxylic acids is 2. The van der Waals surface area contributed by atoms with E-state index < -0.39 is 16.8 Å². The van der Waals surface area contributed by atoms with Crippen LogP contribution in [0.5, 0.6) is 0 Å². The molecular formula is C14H12N2O5S. The van der Waals surface area contributed by atoms with E-state index in [1.807, 2.05) is 0 Å². The molecule has 0 spiro atoms. The smallest absolute Gasteiger partial charge is 0.348 e. The van der Waals surface area contributed by atoms with Crippen LogP contribution in [-0.2, 0) is 4.74 Å². The third-order valence-electron chi connectivity index (χ3n) is 2.89. The fourth-order valence-corrected chi connectivity index (χ4v) is 2.63. The van der Waals surface area contributed by atoms with Gasteiger partial charge in [0.1, 0.15) is 4.88 Å². The minimum absolute atomic E-state index is 0.0712. The number of rotatable bonds is 4. The van der Waals surface area contributed by atoms with Gasteiger partial charge in [0.25, 0.3) is 11.6 Å². The third kappa shape index (κ3) is 3.29. The predicted octanol–water partition coefficient (Wildman–Crippen LogP) is 3.00. The van der Waals surface area contributed by atoms with Gasteiger partial charge in [-0.15, -0.1) is 11.3 Å². The summed E-state index contributed by atoms with van der Waals surface area (Å²) in [7, 11) is 1.28. The van der Waals surface area contributed by atoms with E-state index in [9.17, 15) is 19.7 Å². The summed E-state index contributed by atoms with van der Waals surface area (Å²) in [6, 6.07) is 7.15. The number of non-ortho nitro benzene ring substituents is 1. The van der Waals surface area contributed by atoms with E-state index >= 15 is 0 Å². The number of hydrogen-bond acceptors (Lipinski definition) is 6. The molecule has 1 N–H and O–H groups in total. The van der Waals surface area contributed by atoms with Gasteiger partial charge in [0.15, 0.2) is 0 Å². The number of nitrogens with one attached hydrogen (secondary N) is 1. The van der Waals surface area contributed by atoms with Crippen LogP contribution in [0.2, 0.25) is 0 Å². The standard InChI is InChI=1S/C14H12N2O5S/c1-8-7-9(16(19)20)3-4-10(8)13(17)15-12-6-5-11(22-12)14(18)21-2/h3-7H,1-2H3,(H,15,17). The molecule has 0 saturated carbocycles. The van der Waals surface area contributed by atoms with Crippen molar-refractivity contribution in [3.05, 3.63) is 56.5 Å². The Balaban J connectivity index is 2.17. The zero-order valence-electron chi connectivity index (χ0n) is 11.8. The highest BCUT2D eigenvalue weighted by Crippen LogP contribution is 2.24. The minimum Gasteiger partial charge on any atom is -0.465 e. The van der Waals surface area contributed by atoms with Crippen LogP contribution in [0.1, 0.15) is 25.6 Å². The average molecular weight is 320 g/mol. The minimum atomic E-state index is -0.517. The Labute approximate surface area is 129 Å². The molecular weight excluding hydrogens is 308 g/mol. The second kappa shape index (κ2) is 6.35. The van der Waals surface area contributed by atoms with Crippen molar-refractivity contribution >= 4 is 33.9 Å². The van der Waals surface area contributed by atoms with Crippen molar-refractivity contribution in [3.63, 3.8) is 0 Å². The third-order valence-corrected chi connectivity index (χ3v) is 3.88. The maximum Gasteiger partial charge on any atom is 0.348 e. The van der Waals surface area contributed by atoms with E-state index in [4.69, 9.17) is 0 Å². The summed E-state index contributed by atoms with van der Waals surface area (Å²) in [5.74, 6) is -0.873. The van der Waals surface area contributed by atoms with E-state index in [1.165, 1.54) is 25.3 Å². The lowest BCUT2D eigenvalue weighted by atomic mass is 10.1. The molecule has 0 radical (unpaired) electrons. The van der Waals surface area contributed by atoms with Crippen LogP contribution in [0.25, 0.3) is 0 Å². The van der Waals surface area contributed by atoms with Gasteiger partial charge in [-0.3, -0.25) is 14.9 Å². The Morgan fingerprint density at radius 1 is 1.27 bits per heavy atom.